The van der Waals surface area contributed by atoms with E-state index in [4.69, 9.17) is 0 Å². The Hall–Kier alpha value is -2.15. The number of aromatic nitrogens is 3. The molecular formula is C21H31N6O. The van der Waals surface area contributed by atoms with Crippen LogP contribution in [-0.4, -0.2) is 69.9 Å². The maximum atomic E-state index is 13.2. The summed E-state index contributed by atoms with van der Waals surface area (Å²) in [5.74, 6) is 1.96. The number of hydrogen-bond acceptors (Lipinski definition) is 5. The van der Waals surface area contributed by atoms with Crippen LogP contribution in [0.2, 0.25) is 0 Å². The van der Waals surface area contributed by atoms with Gasteiger partial charge in [-0.25, -0.2) is 9.97 Å². The molecule has 1 amide bonds. The fourth-order valence-electron chi connectivity index (χ4n) is 4.71. The van der Waals surface area contributed by atoms with Crippen molar-refractivity contribution >= 4 is 22.8 Å². The Morgan fingerprint density at radius 2 is 2.04 bits per heavy atom. The van der Waals surface area contributed by atoms with E-state index in [1.165, 1.54) is 0 Å². The first-order valence-corrected chi connectivity index (χ1v) is 10.4. The smallest absolute Gasteiger partial charge is 0.225 e. The van der Waals surface area contributed by atoms with Crippen LogP contribution in [0, 0.1) is 18.4 Å². The third-order valence-corrected chi connectivity index (χ3v) is 6.64. The van der Waals surface area contributed by atoms with Gasteiger partial charge in [0, 0.05) is 38.8 Å². The summed E-state index contributed by atoms with van der Waals surface area (Å²) in [5, 5.41) is 1.03. The van der Waals surface area contributed by atoms with E-state index in [0.717, 1.165) is 62.3 Å². The van der Waals surface area contributed by atoms with Crippen LogP contribution in [0.4, 0.5) is 5.82 Å². The lowest BCUT2D eigenvalue weighted by Crippen LogP contribution is -2.54. The van der Waals surface area contributed by atoms with E-state index in [0.29, 0.717) is 11.8 Å². The first-order chi connectivity index (χ1) is 13.6. The van der Waals surface area contributed by atoms with Gasteiger partial charge >= 0.3 is 0 Å². The highest BCUT2D eigenvalue weighted by Gasteiger charge is 2.35. The average Bonchev–Trinajstić information content (AvgIpc) is 3.22. The number of nitrogens with one attached hydrogen (secondary N) is 1. The molecule has 2 aliphatic heterocycles. The van der Waals surface area contributed by atoms with Crippen molar-refractivity contribution in [2.24, 2.45) is 11.8 Å². The lowest BCUT2D eigenvalue weighted by atomic mass is 9.89. The lowest BCUT2D eigenvalue weighted by molar-refractivity contribution is -0.138. The largest absolute Gasteiger partial charge is 0.354 e. The van der Waals surface area contributed by atoms with Gasteiger partial charge < -0.3 is 14.8 Å². The van der Waals surface area contributed by atoms with Crippen molar-refractivity contribution < 1.29 is 4.79 Å². The molecule has 0 aromatic carbocycles. The molecule has 2 aromatic rings. The van der Waals surface area contributed by atoms with Crippen LogP contribution in [0.1, 0.15) is 33.1 Å². The molecule has 0 bridgehead atoms. The number of nitrogens with zero attached hydrogens (tertiary/aromatic N) is 5. The number of carbonyl (C=O) groups is 1. The highest BCUT2D eigenvalue weighted by atomic mass is 16.2. The molecule has 1 N–H and O–H groups in total. The van der Waals surface area contributed by atoms with Gasteiger partial charge in [-0.05, 0) is 51.3 Å². The SMILES string of the molecule is C[CH]N1CCC(C(=O)N2CCC(C)C(N(C)c3ncnc4[nH]ccc34)C2)CC1. The Kier molecular flexibility index (Phi) is 5.53. The van der Waals surface area contributed by atoms with Crippen molar-refractivity contribution in [1.82, 2.24) is 24.8 Å². The zero-order valence-corrected chi connectivity index (χ0v) is 17.1. The molecule has 7 nitrogen and oxygen atoms in total. The Morgan fingerprint density at radius 1 is 1.25 bits per heavy atom. The van der Waals surface area contributed by atoms with Crippen molar-refractivity contribution in [3.8, 4) is 0 Å². The second kappa shape index (κ2) is 8.07. The number of likely N-dealkylation sites (tertiary alicyclic amines) is 2. The first-order valence-electron chi connectivity index (χ1n) is 10.4. The van der Waals surface area contributed by atoms with E-state index in [1.54, 1.807) is 6.33 Å². The molecule has 7 heteroatoms. The molecule has 2 fully saturated rings. The lowest BCUT2D eigenvalue weighted by Gasteiger charge is -2.43. The fourth-order valence-corrected chi connectivity index (χ4v) is 4.71. The molecular weight excluding hydrogens is 352 g/mol. The van der Waals surface area contributed by atoms with Gasteiger partial charge in [0.05, 0.1) is 11.4 Å². The van der Waals surface area contributed by atoms with Crippen LogP contribution in [0.15, 0.2) is 18.6 Å². The van der Waals surface area contributed by atoms with Gasteiger partial charge in [-0.3, -0.25) is 9.69 Å². The fraction of sp³-hybridized carbons (Fsp3) is 0.619. The van der Waals surface area contributed by atoms with Gasteiger partial charge in [0.2, 0.25) is 5.91 Å². The van der Waals surface area contributed by atoms with Crippen molar-refractivity contribution in [3.63, 3.8) is 0 Å². The number of carbonyl (C=O) groups excluding carboxylic acids is 1. The zero-order valence-electron chi connectivity index (χ0n) is 17.1. The minimum Gasteiger partial charge on any atom is -0.354 e. The van der Waals surface area contributed by atoms with Gasteiger partial charge in [0.1, 0.15) is 17.8 Å². The van der Waals surface area contributed by atoms with E-state index >= 15 is 0 Å². The number of amides is 1. The van der Waals surface area contributed by atoms with Gasteiger partial charge in [0.15, 0.2) is 0 Å². The average molecular weight is 384 g/mol. The van der Waals surface area contributed by atoms with Crippen LogP contribution in [0.5, 0.6) is 0 Å². The normalized spacial score (nSPS) is 24.6. The summed E-state index contributed by atoms with van der Waals surface area (Å²) < 4.78 is 0. The van der Waals surface area contributed by atoms with Crippen LogP contribution in [-0.2, 0) is 4.79 Å². The maximum Gasteiger partial charge on any atom is 0.225 e. The molecule has 28 heavy (non-hydrogen) atoms. The number of likely N-dealkylation sites (N-methyl/N-ethyl adjacent to an activating group) is 1. The van der Waals surface area contributed by atoms with Gasteiger partial charge in [-0.2, -0.15) is 0 Å². The number of anilines is 1. The summed E-state index contributed by atoms with van der Waals surface area (Å²) in [5.41, 5.74) is 0.854. The maximum absolute atomic E-state index is 13.2. The van der Waals surface area contributed by atoms with E-state index in [1.807, 2.05) is 12.3 Å². The summed E-state index contributed by atoms with van der Waals surface area (Å²) in [6.45, 7) is 10.1. The van der Waals surface area contributed by atoms with Crippen molar-refractivity contribution in [3.05, 3.63) is 25.1 Å². The molecule has 2 atom stereocenters. The highest BCUT2D eigenvalue weighted by molar-refractivity contribution is 5.87. The van der Waals surface area contributed by atoms with Gasteiger partial charge in [-0.1, -0.05) is 6.92 Å². The molecule has 0 aliphatic carbocycles. The minimum atomic E-state index is 0.172. The molecule has 2 aliphatic rings. The second-order valence-corrected chi connectivity index (χ2v) is 8.23. The number of aromatic amines is 1. The Labute approximate surface area is 167 Å². The van der Waals surface area contributed by atoms with Crippen LogP contribution in [0.3, 0.4) is 0 Å². The van der Waals surface area contributed by atoms with Gasteiger partial charge in [-0.15, -0.1) is 0 Å². The monoisotopic (exact) mass is 383 g/mol. The Balaban J connectivity index is 1.47. The number of H-pyrrole nitrogens is 1. The van der Waals surface area contributed by atoms with Crippen molar-refractivity contribution in [2.75, 3.05) is 38.1 Å². The molecule has 4 heterocycles. The summed E-state index contributed by atoms with van der Waals surface area (Å²) in [7, 11) is 2.10. The standard InChI is InChI=1S/C21H31N6O/c1-4-26-10-7-16(8-11-26)21(28)27-12-6-15(2)18(13-27)25(3)20-17-5-9-22-19(17)23-14-24-20/h4-5,9,14-16,18H,6-8,10-13H2,1-3H3,(H,22,23,24). The van der Waals surface area contributed by atoms with E-state index in [-0.39, 0.29) is 12.0 Å². The van der Waals surface area contributed by atoms with Crippen LogP contribution < -0.4 is 4.90 Å². The summed E-state index contributed by atoms with van der Waals surface area (Å²) in [4.78, 5) is 31.9. The molecule has 1 radical (unpaired) electrons. The number of rotatable bonds is 4. The molecule has 2 aromatic heterocycles. The molecule has 0 saturated carbocycles. The third kappa shape index (κ3) is 3.60. The Morgan fingerprint density at radius 3 is 2.79 bits per heavy atom. The summed E-state index contributed by atoms with van der Waals surface area (Å²) in [6, 6.07) is 2.28. The van der Waals surface area contributed by atoms with E-state index < -0.39 is 0 Å². The molecule has 0 spiro atoms. The van der Waals surface area contributed by atoms with Gasteiger partial charge in [0.25, 0.3) is 0 Å². The summed E-state index contributed by atoms with van der Waals surface area (Å²) in [6.07, 6.45) is 6.47. The minimum absolute atomic E-state index is 0.172. The molecule has 151 valence electrons. The predicted octanol–water partition coefficient (Wildman–Crippen LogP) is 2.52. The summed E-state index contributed by atoms with van der Waals surface area (Å²) >= 11 is 0. The molecule has 2 unspecified atom stereocenters. The van der Waals surface area contributed by atoms with Crippen molar-refractivity contribution in [2.45, 2.75) is 39.2 Å². The highest BCUT2D eigenvalue weighted by Crippen LogP contribution is 2.30. The van der Waals surface area contributed by atoms with Crippen LogP contribution in [0.25, 0.3) is 11.0 Å². The molecule has 2 saturated heterocycles. The van der Waals surface area contributed by atoms with E-state index in [9.17, 15) is 4.79 Å². The van der Waals surface area contributed by atoms with Crippen LogP contribution >= 0.6 is 0 Å². The predicted molar refractivity (Wildman–Crippen MR) is 111 cm³/mol. The quantitative estimate of drug-likeness (QED) is 0.879. The van der Waals surface area contributed by atoms with Crippen molar-refractivity contribution in [1.29, 1.82) is 0 Å². The Bertz CT molecular complexity index is 812. The number of hydrogen-bond donors (Lipinski definition) is 1. The van der Waals surface area contributed by atoms with E-state index in [2.05, 4.69) is 57.1 Å². The topological polar surface area (TPSA) is 68.4 Å². The second-order valence-electron chi connectivity index (χ2n) is 8.23. The zero-order chi connectivity index (χ0) is 19.7. The number of piperidine rings is 2. The molecule has 4 rings (SSSR count). The third-order valence-electron chi connectivity index (χ3n) is 6.64. The number of fused-ring (bicyclic) bond motifs is 1. The first kappa shape index (κ1) is 19.2.